The molecule has 8 aromatic rings. The fourth-order valence-corrected chi connectivity index (χ4v) is 6.02. The lowest BCUT2D eigenvalue weighted by atomic mass is 10.1. The van der Waals surface area contributed by atoms with Crippen LogP contribution in [0.15, 0.2) is 114 Å². The number of hydrogen-bond donors (Lipinski definition) is 0. The van der Waals surface area contributed by atoms with E-state index in [1.807, 2.05) is 12.1 Å². The Hall–Kier alpha value is -4.83. The Kier molecular flexibility index (Phi) is 4.53. The molecule has 38 heavy (non-hydrogen) atoms. The monoisotopic (exact) mass is 491 g/mol. The van der Waals surface area contributed by atoms with Gasteiger partial charge in [0.25, 0.3) is 0 Å². The van der Waals surface area contributed by atoms with Crippen LogP contribution in [0.25, 0.3) is 71.9 Å². The molecule has 0 aliphatic carbocycles. The van der Waals surface area contributed by atoms with Crippen molar-refractivity contribution in [1.82, 2.24) is 14.1 Å². The molecule has 0 aliphatic heterocycles. The van der Waals surface area contributed by atoms with Crippen molar-refractivity contribution in [3.05, 3.63) is 109 Å². The highest BCUT2D eigenvalue weighted by Crippen LogP contribution is 2.40. The number of aryl methyl sites for hydroxylation is 1. The second-order valence-electron chi connectivity index (χ2n) is 9.91. The molecule has 0 fully saturated rings. The molecule has 0 amide bonds. The van der Waals surface area contributed by atoms with Crippen LogP contribution in [0.1, 0.15) is 13.3 Å². The molecule has 4 nitrogen and oxygen atoms in total. The van der Waals surface area contributed by atoms with Gasteiger partial charge >= 0.3 is 0 Å². The molecule has 0 aliphatic rings. The Bertz CT molecular complexity index is 2140. The van der Waals surface area contributed by atoms with E-state index in [0.717, 1.165) is 68.4 Å². The van der Waals surface area contributed by atoms with Gasteiger partial charge in [-0.1, -0.05) is 55.5 Å². The minimum absolute atomic E-state index is 0.922. The van der Waals surface area contributed by atoms with Gasteiger partial charge in [-0.3, -0.25) is 0 Å². The quantitative estimate of drug-likeness (QED) is 0.246. The number of benzene rings is 5. The number of furan rings is 1. The summed E-state index contributed by atoms with van der Waals surface area (Å²) in [6.07, 6.45) is 1.06. The highest BCUT2D eigenvalue weighted by Gasteiger charge is 2.19. The molecule has 4 heteroatoms. The van der Waals surface area contributed by atoms with Gasteiger partial charge in [0.05, 0.1) is 27.5 Å². The normalized spacial score (nSPS) is 12.0. The number of rotatable bonds is 4. The molecular weight excluding hydrogens is 466 g/mol. The van der Waals surface area contributed by atoms with Crippen LogP contribution in [0.5, 0.6) is 0 Å². The molecule has 0 saturated heterocycles. The Morgan fingerprint density at radius 1 is 0.658 bits per heavy atom. The first-order valence-corrected chi connectivity index (χ1v) is 13.2. The summed E-state index contributed by atoms with van der Waals surface area (Å²) >= 11 is 0. The molecule has 0 N–H and O–H groups in total. The summed E-state index contributed by atoms with van der Waals surface area (Å²) in [5, 5.41) is 4.66. The first kappa shape index (κ1) is 21.3. The van der Waals surface area contributed by atoms with Crippen molar-refractivity contribution in [2.75, 3.05) is 0 Å². The summed E-state index contributed by atoms with van der Waals surface area (Å²) in [6, 6.07) is 38.5. The van der Waals surface area contributed by atoms with Crippen LogP contribution < -0.4 is 0 Å². The summed E-state index contributed by atoms with van der Waals surface area (Å²) < 4.78 is 11.1. The summed E-state index contributed by atoms with van der Waals surface area (Å²) in [7, 11) is 0. The lowest BCUT2D eigenvalue weighted by Gasteiger charge is -2.11. The third-order valence-corrected chi connectivity index (χ3v) is 7.67. The minimum Gasteiger partial charge on any atom is -0.455 e. The molecule has 8 rings (SSSR count). The van der Waals surface area contributed by atoms with Crippen molar-refractivity contribution >= 4 is 54.8 Å². The third-order valence-electron chi connectivity index (χ3n) is 7.67. The molecule has 182 valence electrons. The van der Waals surface area contributed by atoms with Gasteiger partial charge in [-0.25, -0.2) is 4.98 Å². The number of nitrogens with zero attached hydrogens (tertiary/aromatic N) is 3. The van der Waals surface area contributed by atoms with E-state index in [9.17, 15) is 0 Å². The standard InChI is InChI=1S/C34H25N3O/c1-2-21-36-29-13-7-5-11-27(29)35-34(36)22-15-17-23(18-16-22)37-28-12-6-3-10-26(28)32-30(37)20-19-25-24-9-4-8-14-31(24)38-33(25)32/h3-20H,2,21H2,1H3. The van der Waals surface area contributed by atoms with Gasteiger partial charge in [-0.05, 0) is 67.1 Å². The van der Waals surface area contributed by atoms with E-state index in [1.54, 1.807) is 0 Å². The Labute approximate surface area is 219 Å². The van der Waals surface area contributed by atoms with Gasteiger partial charge in [-0.15, -0.1) is 0 Å². The van der Waals surface area contributed by atoms with Crippen molar-refractivity contribution in [2.24, 2.45) is 0 Å². The zero-order valence-electron chi connectivity index (χ0n) is 21.1. The van der Waals surface area contributed by atoms with Crippen molar-refractivity contribution < 1.29 is 4.42 Å². The highest BCUT2D eigenvalue weighted by molar-refractivity contribution is 6.23. The fraction of sp³-hybridized carbons (Fsp3) is 0.0882. The highest BCUT2D eigenvalue weighted by atomic mass is 16.3. The molecular formula is C34H25N3O. The zero-order chi connectivity index (χ0) is 25.2. The Morgan fingerprint density at radius 2 is 1.39 bits per heavy atom. The van der Waals surface area contributed by atoms with Gasteiger partial charge in [0.1, 0.15) is 17.0 Å². The van der Waals surface area contributed by atoms with Crippen LogP contribution in [-0.4, -0.2) is 14.1 Å². The lowest BCUT2D eigenvalue weighted by molar-refractivity contribution is 0.673. The Balaban J connectivity index is 1.34. The van der Waals surface area contributed by atoms with Crippen LogP contribution in [0.2, 0.25) is 0 Å². The number of fused-ring (bicyclic) bond motifs is 8. The molecule has 0 atom stereocenters. The first-order valence-electron chi connectivity index (χ1n) is 13.2. The van der Waals surface area contributed by atoms with Crippen molar-refractivity contribution in [1.29, 1.82) is 0 Å². The van der Waals surface area contributed by atoms with Crippen LogP contribution in [-0.2, 0) is 6.54 Å². The first-order chi connectivity index (χ1) is 18.8. The molecule has 0 radical (unpaired) electrons. The number of para-hydroxylation sites is 4. The second kappa shape index (κ2) is 8.09. The number of imidazole rings is 1. The maximum absolute atomic E-state index is 6.44. The molecule has 0 unspecified atom stereocenters. The number of aromatic nitrogens is 3. The van der Waals surface area contributed by atoms with E-state index >= 15 is 0 Å². The Morgan fingerprint density at radius 3 is 2.24 bits per heavy atom. The fourth-order valence-electron chi connectivity index (χ4n) is 6.02. The second-order valence-corrected chi connectivity index (χ2v) is 9.91. The maximum atomic E-state index is 6.44. The molecule has 3 heterocycles. The zero-order valence-corrected chi connectivity index (χ0v) is 21.1. The molecule has 0 saturated carbocycles. The van der Waals surface area contributed by atoms with Gasteiger partial charge in [0.2, 0.25) is 0 Å². The van der Waals surface area contributed by atoms with Gasteiger partial charge in [-0.2, -0.15) is 0 Å². The minimum atomic E-state index is 0.922. The summed E-state index contributed by atoms with van der Waals surface area (Å²) in [6.45, 7) is 3.15. The van der Waals surface area contributed by atoms with Crippen molar-refractivity contribution in [3.63, 3.8) is 0 Å². The largest absolute Gasteiger partial charge is 0.455 e. The smallest absolute Gasteiger partial charge is 0.145 e. The van der Waals surface area contributed by atoms with Crippen molar-refractivity contribution in [2.45, 2.75) is 19.9 Å². The van der Waals surface area contributed by atoms with E-state index < -0.39 is 0 Å². The van der Waals surface area contributed by atoms with Crippen LogP contribution in [0, 0.1) is 0 Å². The summed E-state index contributed by atoms with van der Waals surface area (Å²) in [5.41, 5.74) is 8.65. The predicted molar refractivity (Wildman–Crippen MR) is 157 cm³/mol. The molecule has 5 aromatic carbocycles. The summed E-state index contributed by atoms with van der Waals surface area (Å²) in [5.74, 6) is 1.02. The average molecular weight is 492 g/mol. The van der Waals surface area contributed by atoms with Crippen LogP contribution >= 0.6 is 0 Å². The van der Waals surface area contributed by atoms with E-state index in [-0.39, 0.29) is 0 Å². The van der Waals surface area contributed by atoms with E-state index in [1.165, 1.54) is 16.4 Å². The van der Waals surface area contributed by atoms with Crippen molar-refractivity contribution in [3.8, 4) is 17.1 Å². The van der Waals surface area contributed by atoms with Crippen LogP contribution in [0.3, 0.4) is 0 Å². The third kappa shape index (κ3) is 2.94. The maximum Gasteiger partial charge on any atom is 0.145 e. The SMILES string of the molecule is CCCn1c(-c2ccc(-n3c4ccccc4c4c5oc6ccccc6c5ccc43)cc2)nc2ccccc21. The molecule has 0 spiro atoms. The van der Waals surface area contributed by atoms with Gasteiger partial charge < -0.3 is 13.6 Å². The molecule has 3 aromatic heterocycles. The van der Waals surface area contributed by atoms with Gasteiger partial charge in [0.15, 0.2) is 0 Å². The topological polar surface area (TPSA) is 35.9 Å². The lowest BCUT2D eigenvalue weighted by Crippen LogP contribution is -2.00. The predicted octanol–water partition coefficient (Wildman–Crippen LogP) is 9.11. The number of hydrogen-bond acceptors (Lipinski definition) is 2. The van der Waals surface area contributed by atoms with E-state index in [4.69, 9.17) is 9.40 Å². The molecule has 0 bridgehead atoms. The van der Waals surface area contributed by atoms with E-state index in [2.05, 4.69) is 113 Å². The average Bonchev–Trinajstić information content (AvgIpc) is 3.63. The van der Waals surface area contributed by atoms with Gasteiger partial charge in [0, 0.05) is 34.0 Å². The summed E-state index contributed by atoms with van der Waals surface area (Å²) in [4.78, 5) is 4.99. The van der Waals surface area contributed by atoms with Crippen LogP contribution in [0.4, 0.5) is 0 Å². The van der Waals surface area contributed by atoms with E-state index in [0.29, 0.717) is 0 Å².